The molecule has 0 aliphatic carbocycles. The van der Waals surface area contributed by atoms with Crippen molar-refractivity contribution in [3.05, 3.63) is 54.1 Å². The molecule has 1 aromatic heterocycles. The zero-order chi connectivity index (χ0) is 16.1. The Morgan fingerprint density at radius 3 is 2.65 bits per heavy atom. The van der Waals surface area contributed by atoms with E-state index in [0.29, 0.717) is 19.0 Å². The van der Waals surface area contributed by atoms with Crippen molar-refractivity contribution in [1.29, 1.82) is 0 Å². The van der Waals surface area contributed by atoms with E-state index in [4.69, 9.17) is 9.47 Å². The van der Waals surface area contributed by atoms with Crippen molar-refractivity contribution in [2.24, 2.45) is 0 Å². The van der Waals surface area contributed by atoms with E-state index in [2.05, 4.69) is 15.4 Å². The van der Waals surface area contributed by atoms with Gasteiger partial charge in [0.2, 0.25) is 5.82 Å². The van der Waals surface area contributed by atoms with Gasteiger partial charge in [-0.15, -0.1) is 10.2 Å². The van der Waals surface area contributed by atoms with Gasteiger partial charge in [-0.3, -0.25) is 0 Å². The molecule has 0 aliphatic rings. The van der Waals surface area contributed by atoms with Crippen molar-refractivity contribution in [3.8, 4) is 22.9 Å². The fourth-order valence-corrected chi connectivity index (χ4v) is 2.10. The van der Waals surface area contributed by atoms with Crippen LogP contribution in [0.1, 0.15) is 5.56 Å². The number of nitrogens with zero attached hydrogens (tertiary/aromatic N) is 4. The summed E-state index contributed by atoms with van der Waals surface area (Å²) in [6, 6.07) is 15.5. The van der Waals surface area contributed by atoms with Gasteiger partial charge in [-0.25, -0.2) is 0 Å². The molecule has 1 heterocycles. The number of hydrogen-bond acceptors (Lipinski definition) is 5. The van der Waals surface area contributed by atoms with Gasteiger partial charge in [-0.05, 0) is 36.4 Å². The third-order valence-corrected chi connectivity index (χ3v) is 3.36. The van der Waals surface area contributed by atoms with Crippen LogP contribution in [0.5, 0.6) is 11.5 Å². The molecule has 0 aliphatic heterocycles. The Morgan fingerprint density at radius 1 is 1.04 bits per heavy atom. The number of hydrogen-bond donors (Lipinski definition) is 0. The summed E-state index contributed by atoms with van der Waals surface area (Å²) in [5, 5.41) is 12.5. The van der Waals surface area contributed by atoms with Crippen molar-refractivity contribution in [1.82, 2.24) is 20.2 Å². The Bertz CT molecular complexity index is 768. The summed E-state index contributed by atoms with van der Waals surface area (Å²) in [6.45, 7) is 3.06. The van der Waals surface area contributed by atoms with Gasteiger partial charge in [0.25, 0.3) is 0 Å². The second kappa shape index (κ2) is 6.91. The average molecular weight is 310 g/mol. The average Bonchev–Trinajstić information content (AvgIpc) is 3.06. The summed E-state index contributed by atoms with van der Waals surface area (Å²) in [6.07, 6.45) is 0. The van der Waals surface area contributed by atoms with Gasteiger partial charge in [0.05, 0.1) is 13.7 Å². The molecule has 0 amide bonds. The minimum Gasteiger partial charge on any atom is -0.497 e. The molecule has 3 rings (SSSR count). The second-order valence-electron chi connectivity index (χ2n) is 5.10. The van der Waals surface area contributed by atoms with Crippen LogP contribution in [0.25, 0.3) is 11.4 Å². The normalized spacial score (nSPS) is 10.5. The van der Waals surface area contributed by atoms with Crippen LogP contribution in [-0.4, -0.2) is 33.9 Å². The maximum Gasteiger partial charge on any atom is 0.205 e. The lowest BCUT2D eigenvalue weighted by atomic mass is 10.2. The Hall–Kier alpha value is -2.89. The first-order valence-electron chi connectivity index (χ1n) is 7.36. The predicted molar refractivity (Wildman–Crippen MR) is 86.5 cm³/mol. The van der Waals surface area contributed by atoms with Crippen molar-refractivity contribution >= 4 is 0 Å². The molecule has 118 valence electrons. The number of ether oxygens (including phenoxy) is 2. The van der Waals surface area contributed by atoms with E-state index in [9.17, 15) is 0 Å². The quantitative estimate of drug-likeness (QED) is 0.700. The maximum atomic E-state index is 5.67. The van der Waals surface area contributed by atoms with E-state index in [-0.39, 0.29) is 0 Å². The van der Waals surface area contributed by atoms with Crippen LogP contribution in [0.2, 0.25) is 0 Å². The molecular formula is C17H18N4O2. The Morgan fingerprint density at radius 2 is 1.87 bits per heavy atom. The largest absolute Gasteiger partial charge is 0.497 e. The van der Waals surface area contributed by atoms with Gasteiger partial charge >= 0.3 is 0 Å². The number of rotatable bonds is 6. The standard InChI is InChI=1S/C17H18N4O2/c1-13-6-8-15(9-7-13)23-11-10-21-19-17(18-20-21)14-4-3-5-16(12-14)22-2/h3-9,12H,10-11H2,1-2H3. The van der Waals surface area contributed by atoms with Crippen LogP contribution in [0.3, 0.4) is 0 Å². The molecule has 0 radical (unpaired) electrons. The van der Waals surface area contributed by atoms with E-state index < -0.39 is 0 Å². The lowest BCUT2D eigenvalue weighted by Crippen LogP contribution is -2.11. The summed E-state index contributed by atoms with van der Waals surface area (Å²) in [5.74, 6) is 2.17. The van der Waals surface area contributed by atoms with E-state index in [1.807, 2.05) is 55.5 Å². The maximum absolute atomic E-state index is 5.67. The number of tetrazole rings is 1. The van der Waals surface area contributed by atoms with Crippen LogP contribution in [-0.2, 0) is 6.54 Å². The van der Waals surface area contributed by atoms with E-state index in [1.54, 1.807) is 7.11 Å². The summed E-state index contributed by atoms with van der Waals surface area (Å²) >= 11 is 0. The van der Waals surface area contributed by atoms with E-state index in [1.165, 1.54) is 10.4 Å². The van der Waals surface area contributed by atoms with Crippen molar-refractivity contribution < 1.29 is 9.47 Å². The van der Waals surface area contributed by atoms with Gasteiger partial charge in [0.15, 0.2) is 0 Å². The van der Waals surface area contributed by atoms with Gasteiger partial charge in [0.1, 0.15) is 18.1 Å². The molecular weight excluding hydrogens is 292 g/mol. The van der Waals surface area contributed by atoms with Gasteiger partial charge in [-0.2, -0.15) is 4.80 Å². The summed E-state index contributed by atoms with van der Waals surface area (Å²) < 4.78 is 10.9. The third-order valence-electron chi connectivity index (χ3n) is 3.36. The fourth-order valence-electron chi connectivity index (χ4n) is 2.10. The molecule has 2 aromatic carbocycles. The molecule has 3 aromatic rings. The summed E-state index contributed by atoms with van der Waals surface area (Å²) in [7, 11) is 1.63. The SMILES string of the molecule is COc1cccc(-c2nnn(CCOc3ccc(C)cc3)n2)c1. The minimum absolute atomic E-state index is 0.483. The predicted octanol–water partition coefficient (Wildman–Crippen LogP) is 2.74. The molecule has 0 bridgehead atoms. The number of aromatic nitrogens is 4. The van der Waals surface area contributed by atoms with Crippen LogP contribution < -0.4 is 9.47 Å². The fraction of sp³-hybridized carbons (Fsp3) is 0.235. The highest BCUT2D eigenvalue weighted by molar-refractivity contribution is 5.56. The molecule has 0 spiro atoms. The second-order valence-corrected chi connectivity index (χ2v) is 5.10. The molecule has 0 atom stereocenters. The Balaban J connectivity index is 1.59. The molecule has 0 saturated carbocycles. The molecule has 0 N–H and O–H groups in total. The number of aryl methyl sites for hydroxylation is 1. The number of methoxy groups -OCH3 is 1. The minimum atomic E-state index is 0.483. The molecule has 23 heavy (non-hydrogen) atoms. The van der Waals surface area contributed by atoms with Crippen LogP contribution >= 0.6 is 0 Å². The summed E-state index contributed by atoms with van der Waals surface area (Å²) in [4.78, 5) is 1.53. The highest BCUT2D eigenvalue weighted by atomic mass is 16.5. The zero-order valence-corrected chi connectivity index (χ0v) is 13.1. The van der Waals surface area contributed by atoms with Crippen LogP contribution in [0.4, 0.5) is 0 Å². The molecule has 0 unspecified atom stereocenters. The number of benzene rings is 2. The smallest absolute Gasteiger partial charge is 0.205 e. The first-order valence-corrected chi connectivity index (χ1v) is 7.36. The van der Waals surface area contributed by atoms with Gasteiger partial charge in [0, 0.05) is 5.56 Å². The van der Waals surface area contributed by atoms with Gasteiger partial charge in [-0.1, -0.05) is 29.8 Å². The van der Waals surface area contributed by atoms with Crippen LogP contribution in [0, 0.1) is 6.92 Å². The van der Waals surface area contributed by atoms with Gasteiger partial charge < -0.3 is 9.47 Å². The highest BCUT2D eigenvalue weighted by Gasteiger charge is 2.07. The lowest BCUT2D eigenvalue weighted by Gasteiger charge is -2.05. The van der Waals surface area contributed by atoms with E-state index in [0.717, 1.165) is 17.1 Å². The monoisotopic (exact) mass is 310 g/mol. The lowest BCUT2D eigenvalue weighted by molar-refractivity contribution is 0.280. The van der Waals surface area contributed by atoms with Crippen molar-refractivity contribution in [2.75, 3.05) is 13.7 Å². The summed E-state index contributed by atoms with van der Waals surface area (Å²) in [5.41, 5.74) is 2.08. The van der Waals surface area contributed by atoms with Crippen molar-refractivity contribution in [2.45, 2.75) is 13.5 Å². The van der Waals surface area contributed by atoms with Crippen molar-refractivity contribution in [3.63, 3.8) is 0 Å². The highest BCUT2D eigenvalue weighted by Crippen LogP contribution is 2.19. The molecule has 6 nitrogen and oxygen atoms in total. The van der Waals surface area contributed by atoms with Crippen LogP contribution in [0.15, 0.2) is 48.5 Å². The van der Waals surface area contributed by atoms with E-state index >= 15 is 0 Å². The zero-order valence-electron chi connectivity index (χ0n) is 13.1. The molecule has 6 heteroatoms. The first-order chi connectivity index (χ1) is 11.2. The Kier molecular flexibility index (Phi) is 4.52. The molecule has 0 saturated heterocycles. The molecule has 0 fully saturated rings. The third kappa shape index (κ3) is 3.85. The first kappa shape index (κ1) is 15.0. The topological polar surface area (TPSA) is 62.1 Å². The Labute approximate surface area is 134 Å².